The Morgan fingerprint density at radius 3 is 2.52 bits per heavy atom. The molecular weight excluding hydrogens is 311 g/mol. The maximum Gasteiger partial charge on any atom is 0.249 e. The van der Waals surface area contributed by atoms with Gasteiger partial charge in [-0.15, -0.1) is 23.2 Å². The predicted molar refractivity (Wildman–Crippen MR) is 82.5 cm³/mol. The van der Waals surface area contributed by atoms with E-state index >= 15 is 0 Å². The van der Waals surface area contributed by atoms with E-state index in [1.54, 1.807) is 11.8 Å². The standard InChI is InChI=1S/C15H16Cl2N2O2/c1-14(9-15(14,16)17)13(21)18-11-7-8-19(12(11)20)10-5-3-2-4-6-10/h2-6,11H,7-9H2,1H3,(H,18,21)/t11-,14+/m0/s1. The number of carbonyl (C=O) groups excluding carboxylic acids is 2. The fourth-order valence-corrected chi connectivity index (χ4v) is 3.35. The van der Waals surface area contributed by atoms with Crippen LogP contribution in [0.15, 0.2) is 30.3 Å². The van der Waals surface area contributed by atoms with Crippen molar-refractivity contribution in [3.63, 3.8) is 0 Å². The molecule has 1 aromatic rings. The smallest absolute Gasteiger partial charge is 0.249 e. The summed E-state index contributed by atoms with van der Waals surface area (Å²) in [5.74, 6) is -0.339. The molecule has 6 heteroatoms. The van der Waals surface area contributed by atoms with Crippen molar-refractivity contribution in [3.8, 4) is 0 Å². The van der Waals surface area contributed by atoms with Crippen molar-refractivity contribution in [3.05, 3.63) is 30.3 Å². The Kier molecular flexibility index (Phi) is 3.41. The first-order valence-corrected chi connectivity index (χ1v) is 7.66. The van der Waals surface area contributed by atoms with Gasteiger partial charge in [0.15, 0.2) is 0 Å². The van der Waals surface area contributed by atoms with Gasteiger partial charge >= 0.3 is 0 Å². The van der Waals surface area contributed by atoms with Gasteiger partial charge in [-0.05, 0) is 31.9 Å². The van der Waals surface area contributed by atoms with E-state index in [9.17, 15) is 9.59 Å². The summed E-state index contributed by atoms with van der Waals surface area (Å²) in [7, 11) is 0. The highest BCUT2D eigenvalue weighted by molar-refractivity contribution is 6.53. The maximum atomic E-state index is 12.4. The lowest BCUT2D eigenvalue weighted by Crippen LogP contribution is -2.45. The van der Waals surface area contributed by atoms with Gasteiger partial charge in [0.1, 0.15) is 10.4 Å². The van der Waals surface area contributed by atoms with Crippen LogP contribution in [0.2, 0.25) is 0 Å². The van der Waals surface area contributed by atoms with Crippen LogP contribution >= 0.6 is 23.2 Å². The number of hydrogen-bond acceptors (Lipinski definition) is 2. The van der Waals surface area contributed by atoms with Gasteiger partial charge in [-0.1, -0.05) is 18.2 Å². The normalized spacial score (nSPS) is 30.3. The van der Waals surface area contributed by atoms with Crippen LogP contribution in [0.3, 0.4) is 0 Å². The topological polar surface area (TPSA) is 49.4 Å². The summed E-state index contributed by atoms with van der Waals surface area (Å²) in [6.45, 7) is 2.31. The summed E-state index contributed by atoms with van der Waals surface area (Å²) in [6, 6.07) is 8.93. The van der Waals surface area contributed by atoms with Crippen molar-refractivity contribution < 1.29 is 9.59 Å². The van der Waals surface area contributed by atoms with E-state index in [0.29, 0.717) is 19.4 Å². The highest BCUT2D eigenvalue weighted by Crippen LogP contribution is 2.63. The lowest BCUT2D eigenvalue weighted by atomic mass is 10.1. The Bertz CT molecular complexity index is 591. The molecule has 1 aliphatic heterocycles. The average molecular weight is 327 g/mol. The van der Waals surface area contributed by atoms with Crippen LogP contribution < -0.4 is 10.2 Å². The Balaban J connectivity index is 1.67. The number of rotatable bonds is 3. The quantitative estimate of drug-likeness (QED) is 0.867. The number of nitrogens with zero attached hydrogens (tertiary/aromatic N) is 1. The second kappa shape index (κ2) is 4.89. The maximum absolute atomic E-state index is 12.4. The van der Waals surface area contributed by atoms with Crippen LogP contribution in [0.1, 0.15) is 19.8 Å². The minimum absolute atomic E-state index is 0.0893. The molecule has 4 nitrogen and oxygen atoms in total. The van der Waals surface area contributed by atoms with Crippen molar-refractivity contribution in [1.29, 1.82) is 0 Å². The van der Waals surface area contributed by atoms with Crippen LogP contribution in [0.4, 0.5) is 5.69 Å². The average Bonchev–Trinajstić information content (AvgIpc) is 2.78. The first-order chi connectivity index (χ1) is 9.85. The first-order valence-electron chi connectivity index (χ1n) is 6.90. The molecule has 3 rings (SSSR count). The van der Waals surface area contributed by atoms with E-state index in [-0.39, 0.29) is 11.8 Å². The summed E-state index contributed by atoms with van der Waals surface area (Å²) >= 11 is 12.0. The van der Waals surface area contributed by atoms with Gasteiger partial charge in [0.25, 0.3) is 0 Å². The fourth-order valence-electron chi connectivity index (χ4n) is 2.64. The number of alkyl halides is 2. The first kappa shape index (κ1) is 14.7. The largest absolute Gasteiger partial charge is 0.344 e. The zero-order chi connectivity index (χ0) is 15.3. The summed E-state index contributed by atoms with van der Waals surface area (Å²) < 4.78 is -1.02. The molecular formula is C15H16Cl2N2O2. The second-order valence-electron chi connectivity index (χ2n) is 5.85. The zero-order valence-electron chi connectivity index (χ0n) is 11.6. The Morgan fingerprint density at radius 2 is 1.95 bits per heavy atom. The molecule has 1 aliphatic carbocycles. The van der Waals surface area contributed by atoms with Gasteiger partial charge in [-0.25, -0.2) is 0 Å². The molecule has 2 amide bonds. The van der Waals surface area contributed by atoms with E-state index in [2.05, 4.69) is 5.32 Å². The molecule has 1 saturated heterocycles. The van der Waals surface area contributed by atoms with E-state index in [1.165, 1.54) is 0 Å². The van der Waals surface area contributed by atoms with Gasteiger partial charge in [0, 0.05) is 12.2 Å². The lowest BCUT2D eigenvalue weighted by molar-refractivity contribution is -0.129. The van der Waals surface area contributed by atoms with Gasteiger partial charge in [-0.2, -0.15) is 0 Å². The molecule has 2 aliphatic rings. The van der Waals surface area contributed by atoms with Crippen LogP contribution in [-0.2, 0) is 9.59 Å². The van der Waals surface area contributed by atoms with Crippen LogP contribution in [-0.4, -0.2) is 28.7 Å². The van der Waals surface area contributed by atoms with Gasteiger partial charge < -0.3 is 10.2 Å². The summed E-state index contributed by atoms with van der Waals surface area (Å²) in [4.78, 5) is 26.3. The molecule has 0 unspecified atom stereocenters. The van der Waals surface area contributed by atoms with Crippen molar-refractivity contribution in [2.24, 2.45) is 5.41 Å². The number of amides is 2. The molecule has 112 valence electrons. The zero-order valence-corrected chi connectivity index (χ0v) is 13.1. The van der Waals surface area contributed by atoms with Crippen molar-refractivity contribution >= 4 is 40.7 Å². The molecule has 2 atom stereocenters. The lowest BCUT2D eigenvalue weighted by Gasteiger charge is -2.19. The molecule has 1 heterocycles. The number of nitrogens with one attached hydrogen (secondary N) is 1. The third-order valence-electron chi connectivity index (χ3n) is 4.34. The van der Waals surface area contributed by atoms with Crippen molar-refractivity contribution in [1.82, 2.24) is 5.32 Å². The molecule has 0 spiro atoms. The fraction of sp³-hybridized carbons (Fsp3) is 0.467. The molecule has 21 heavy (non-hydrogen) atoms. The SMILES string of the molecule is C[C@]1(C(=O)N[C@H]2CCN(c3ccccc3)C2=O)CC1(Cl)Cl. The number of para-hydroxylation sites is 1. The van der Waals surface area contributed by atoms with Gasteiger partial charge in [0.05, 0.1) is 5.41 Å². The van der Waals surface area contributed by atoms with E-state index in [4.69, 9.17) is 23.2 Å². The van der Waals surface area contributed by atoms with E-state index < -0.39 is 15.8 Å². The summed E-state index contributed by atoms with van der Waals surface area (Å²) in [5.41, 5.74) is 0.0530. The van der Waals surface area contributed by atoms with E-state index in [1.807, 2.05) is 30.3 Å². The van der Waals surface area contributed by atoms with Gasteiger partial charge in [-0.3, -0.25) is 9.59 Å². The third-order valence-corrected chi connectivity index (χ3v) is 5.44. The van der Waals surface area contributed by atoms with Crippen LogP contribution in [0.25, 0.3) is 0 Å². The monoisotopic (exact) mass is 326 g/mol. The third kappa shape index (κ3) is 2.40. The Hall–Kier alpha value is -1.26. The Morgan fingerprint density at radius 1 is 1.33 bits per heavy atom. The number of carbonyl (C=O) groups is 2. The molecule has 0 bridgehead atoms. The highest BCUT2D eigenvalue weighted by atomic mass is 35.5. The number of benzene rings is 1. The predicted octanol–water partition coefficient (Wildman–Crippen LogP) is 2.49. The number of hydrogen-bond donors (Lipinski definition) is 1. The molecule has 1 saturated carbocycles. The molecule has 1 N–H and O–H groups in total. The van der Waals surface area contributed by atoms with Crippen molar-refractivity contribution in [2.75, 3.05) is 11.4 Å². The summed E-state index contributed by atoms with van der Waals surface area (Å²) in [5, 5.41) is 2.79. The minimum atomic E-state index is -1.02. The van der Waals surface area contributed by atoms with E-state index in [0.717, 1.165) is 5.69 Å². The minimum Gasteiger partial charge on any atom is -0.344 e. The molecule has 0 aromatic heterocycles. The van der Waals surface area contributed by atoms with Crippen LogP contribution in [0.5, 0.6) is 0 Å². The van der Waals surface area contributed by atoms with Crippen molar-refractivity contribution in [2.45, 2.75) is 30.1 Å². The van der Waals surface area contributed by atoms with Gasteiger partial charge in [0.2, 0.25) is 11.8 Å². The summed E-state index contributed by atoms with van der Waals surface area (Å²) in [6.07, 6.45) is 1.01. The van der Waals surface area contributed by atoms with Crippen LogP contribution in [0, 0.1) is 5.41 Å². The Labute approximate surface area is 133 Å². The highest BCUT2D eigenvalue weighted by Gasteiger charge is 2.68. The second-order valence-corrected chi connectivity index (χ2v) is 7.34. The molecule has 1 aromatic carbocycles. The molecule has 2 fully saturated rings. The molecule has 0 radical (unpaired) electrons. The number of halogens is 2. The number of anilines is 1.